The van der Waals surface area contributed by atoms with Gasteiger partial charge in [-0.25, -0.2) is 4.90 Å². The van der Waals surface area contributed by atoms with Crippen molar-refractivity contribution in [2.45, 2.75) is 0 Å². The fourth-order valence-electron chi connectivity index (χ4n) is 2.26. The van der Waals surface area contributed by atoms with E-state index in [4.69, 9.17) is 4.74 Å². The van der Waals surface area contributed by atoms with E-state index in [9.17, 15) is 0 Å². The third-order valence-electron chi connectivity index (χ3n) is 3.15. The van der Waals surface area contributed by atoms with Gasteiger partial charge in [0.2, 0.25) is 5.84 Å². The van der Waals surface area contributed by atoms with E-state index in [0.29, 0.717) is 0 Å². The average Bonchev–Trinajstić information content (AvgIpc) is 2.72. The van der Waals surface area contributed by atoms with E-state index in [-0.39, 0.29) is 0 Å². The van der Waals surface area contributed by atoms with Gasteiger partial charge in [-0.05, 0) is 12.2 Å². The molecular weight excluding hydrogens is 202 g/mol. The number of nitrogens with zero attached hydrogens (tertiary/aromatic N) is 1. The van der Waals surface area contributed by atoms with Crippen molar-refractivity contribution in [1.82, 2.24) is 0 Å². The quantitative estimate of drug-likeness (QED) is 0.560. The van der Waals surface area contributed by atoms with Crippen molar-refractivity contribution in [3.8, 4) is 0 Å². The molecule has 0 amide bonds. The maximum absolute atomic E-state index is 5.36. The number of amidine groups is 1. The van der Waals surface area contributed by atoms with Crippen molar-refractivity contribution in [1.29, 1.82) is 0 Å². The molecule has 3 heterocycles. The van der Waals surface area contributed by atoms with Crippen LogP contribution in [0.3, 0.4) is 0 Å². The summed E-state index contributed by atoms with van der Waals surface area (Å²) in [7, 11) is 0. The molecule has 0 aromatic rings. The number of morpholine rings is 1. The summed E-state index contributed by atoms with van der Waals surface area (Å²) < 4.78 is 5.36. The van der Waals surface area contributed by atoms with Crippen molar-refractivity contribution < 1.29 is 14.5 Å². The van der Waals surface area contributed by atoms with Crippen LogP contribution in [0.5, 0.6) is 0 Å². The van der Waals surface area contributed by atoms with E-state index < -0.39 is 0 Å². The van der Waals surface area contributed by atoms with Crippen molar-refractivity contribution in [3.63, 3.8) is 0 Å². The van der Waals surface area contributed by atoms with Crippen molar-refractivity contribution in [2.75, 3.05) is 32.8 Å². The highest BCUT2D eigenvalue weighted by Crippen LogP contribution is 1.99. The van der Waals surface area contributed by atoms with Crippen molar-refractivity contribution in [2.24, 2.45) is 4.99 Å². The van der Waals surface area contributed by atoms with Gasteiger partial charge in [0.1, 0.15) is 32.0 Å². The van der Waals surface area contributed by atoms with Gasteiger partial charge in [0.05, 0.1) is 13.2 Å². The second-order valence-corrected chi connectivity index (χ2v) is 4.35. The summed E-state index contributed by atoms with van der Waals surface area (Å²) in [6.45, 7) is 5.00. The van der Waals surface area contributed by atoms with Gasteiger partial charge in [-0.15, -0.1) is 0 Å². The number of aliphatic imine (C=N–C) groups is 1. The van der Waals surface area contributed by atoms with Crippen LogP contribution in [0, 0.1) is 0 Å². The molecule has 2 N–H and O–H groups in total. The summed E-state index contributed by atoms with van der Waals surface area (Å²) in [6.07, 6.45) is 10.5. The number of ether oxygens (including phenoxy) is 1. The second-order valence-electron chi connectivity index (χ2n) is 4.35. The molecule has 3 aliphatic rings. The minimum absolute atomic E-state index is 0.884. The lowest BCUT2D eigenvalue weighted by Gasteiger charge is -2.22. The minimum atomic E-state index is 0.884. The first-order chi connectivity index (χ1) is 7.92. The number of fused-ring (bicyclic) bond motifs is 1. The van der Waals surface area contributed by atoms with E-state index >= 15 is 0 Å². The zero-order valence-corrected chi connectivity index (χ0v) is 9.28. The van der Waals surface area contributed by atoms with Crippen LogP contribution in [-0.2, 0) is 4.74 Å². The van der Waals surface area contributed by atoms with E-state index in [1.165, 1.54) is 10.6 Å². The Morgan fingerprint density at radius 2 is 2.12 bits per heavy atom. The molecule has 1 saturated heterocycles. The van der Waals surface area contributed by atoms with Crippen LogP contribution in [0.15, 0.2) is 41.3 Å². The number of quaternary nitrogens is 2. The average molecular weight is 219 g/mol. The minimum Gasteiger partial charge on any atom is -0.370 e. The number of hydrogen-bond donors (Lipinski definition) is 2. The molecule has 0 aromatic heterocycles. The SMILES string of the molecule is C1=CC2=NC(C[NH+]3CCOCC3)=C[NH+]2C=C1. The number of nitrogens with one attached hydrogen (secondary N) is 2. The van der Waals surface area contributed by atoms with E-state index in [0.717, 1.165) is 38.7 Å². The van der Waals surface area contributed by atoms with Crippen molar-refractivity contribution in [3.05, 3.63) is 36.3 Å². The largest absolute Gasteiger partial charge is 0.370 e. The maximum atomic E-state index is 5.36. The first-order valence-electron chi connectivity index (χ1n) is 5.84. The summed E-state index contributed by atoms with van der Waals surface area (Å²) in [5, 5.41) is 0. The Morgan fingerprint density at radius 1 is 1.25 bits per heavy atom. The molecule has 4 nitrogen and oxygen atoms in total. The third kappa shape index (κ3) is 2.00. The highest BCUT2D eigenvalue weighted by atomic mass is 16.5. The summed E-state index contributed by atoms with van der Waals surface area (Å²) in [6, 6.07) is 0. The predicted octanol–water partition coefficient (Wildman–Crippen LogP) is -1.88. The summed E-state index contributed by atoms with van der Waals surface area (Å²) >= 11 is 0. The van der Waals surface area contributed by atoms with Gasteiger partial charge in [0, 0.05) is 6.08 Å². The molecule has 3 aliphatic heterocycles. The Morgan fingerprint density at radius 3 is 2.94 bits per heavy atom. The molecule has 0 aromatic carbocycles. The lowest BCUT2D eigenvalue weighted by atomic mass is 10.3. The van der Waals surface area contributed by atoms with Gasteiger partial charge in [-0.1, -0.05) is 0 Å². The van der Waals surface area contributed by atoms with Crippen LogP contribution in [-0.4, -0.2) is 38.7 Å². The molecule has 0 spiro atoms. The third-order valence-corrected chi connectivity index (χ3v) is 3.15. The van der Waals surface area contributed by atoms with Crippen LogP contribution in [0.1, 0.15) is 0 Å². The zero-order chi connectivity index (χ0) is 10.8. The molecule has 4 heteroatoms. The fraction of sp³-hybridized carbons (Fsp3) is 0.417. The first-order valence-corrected chi connectivity index (χ1v) is 5.84. The molecular formula is C12H17N3O+2. The summed E-state index contributed by atoms with van der Waals surface area (Å²) in [4.78, 5) is 7.48. The van der Waals surface area contributed by atoms with E-state index in [1.807, 2.05) is 6.08 Å². The molecule has 1 atom stereocenters. The number of rotatable bonds is 2. The van der Waals surface area contributed by atoms with Gasteiger partial charge >= 0.3 is 0 Å². The Labute approximate surface area is 95.2 Å². The number of allylic oxidation sites excluding steroid dienone is 2. The van der Waals surface area contributed by atoms with Crippen LogP contribution >= 0.6 is 0 Å². The lowest BCUT2D eigenvalue weighted by Crippen LogP contribution is -3.14. The predicted molar refractivity (Wildman–Crippen MR) is 61.1 cm³/mol. The highest BCUT2D eigenvalue weighted by Gasteiger charge is 2.24. The van der Waals surface area contributed by atoms with Gasteiger partial charge in [0.25, 0.3) is 0 Å². The van der Waals surface area contributed by atoms with Crippen LogP contribution in [0.4, 0.5) is 0 Å². The molecule has 0 bridgehead atoms. The molecule has 0 saturated carbocycles. The van der Waals surface area contributed by atoms with Gasteiger partial charge in [-0.3, -0.25) is 0 Å². The summed E-state index contributed by atoms with van der Waals surface area (Å²) in [5.74, 6) is 1.12. The molecule has 3 rings (SSSR count). The van der Waals surface area contributed by atoms with Crippen LogP contribution in [0.2, 0.25) is 0 Å². The zero-order valence-electron chi connectivity index (χ0n) is 9.28. The lowest BCUT2D eigenvalue weighted by molar-refractivity contribution is -0.903. The van der Waals surface area contributed by atoms with Crippen LogP contribution in [0.25, 0.3) is 0 Å². The smallest absolute Gasteiger partial charge is 0.235 e. The Bertz CT molecular complexity index is 389. The van der Waals surface area contributed by atoms with E-state index in [1.54, 1.807) is 4.90 Å². The molecule has 1 unspecified atom stereocenters. The second kappa shape index (κ2) is 4.33. The molecule has 1 fully saturated rings. The Balaban J connectivity index is 1.66. The Kier molecular flexibility index (Phi) is 2.70. The fourth-order valence-corrected chi connectivity index (χ4v) is 2.26. The van der Waals surface area contributed by atoms with Gasteiger partial charge < -0.3 is 9.64 Å². The maximum Gasteiger partial charge on any atom is 0.235 e. The molecule has 0 aliphatic carbocycles. The first kappa shape index (κ1) is 9.96. The molecule has 16 heavy (non-hydrogen) atoms. The molecule has 0 radical (unpaired) electrons. The Hall–Kier alpha value is -1.23. The monoisotopic (exact) mass is 219 g/mol. The topological polar surface area (TPSA) is 30.5 Å². The van der Waals surface area contributed by atoms with Crippen LogP contribution < -0.4 is 9.80 Å². The highest BCUT2D eigenvalue weighted by molar-refractivity contribution is 5.89. The normalized spacial score (nSPS) is 28.9. The number of hydrogen-bond acceptors (Lipinski definition) is 2. The van der Waals surface area contributed by atoms with Crippen molar-refractivity contribution >= 4 is 5.84 Å². The van der Waals surface area contributed by atoms with Gasteiger partial charge in [0.15, 0.2) is 5.70 Å². The van der Waals surface area contributed by atoms with Gasteiger partial charge in [-0.2, -0.15) is 4.99 Å². The summed E-state index contributed by atoms with van der Waals surface area (Å²) in [5.41, 5.74) is 1.21. The van der Waals surface area contributed by atoms with E-state index in [2.05, 4.69) is 29.5 Å². The standard InChI is InChI=1S/C12H15N3O/c1-2-4-15-10-11(13-12(15)3-1)9-14-5-7-16-8-6-14/h1-4,10H,5-9H2/p+2. The molecule has 84 valence electrons.